The Bertz CT molecular complexity index is 406. The van der Waals surface area contributed by atoms with Gasteiger partial charge >= 0.3 is 0 Å². The number of amides is 1. The van der Waals surface area contributed by atoms with E-state index < -0.39 is 12.2 Å². The molecule has 2 rings (SSSR count). The van der Waals surface area contributed by atoms with Crippen LogP contribution in [-0.2, 0) is 4.79 Å². The smallest absolute Gasteiger partial charge is 0.246 e. The number of likely N-dealkylation sites (tertiary alicyclic amines) is 1. The Morgan fingerprint density at radius 1 is 1.18 bits per heavy atom. The van der Waals surface area contributed by atoms with Gasteiger partial charge < -0.3 is 15.1 Å². The summed E-state index contributed by atoms with van der Waals surface area (Å²) in [6, 6.07) is 9.50. The third-order valence-corrected chi connectivity index (χ3v) is 2.79. The van der Waals surface area contributed by atoms with Gasteiger partial charge in [0.05, 0.1) is 12.2 Å². The Morgan fingerprint density at radius 3 is 2.35 bits per heavy atom. The molecule has 2 N–H and O–H groups in total. The van der Waals surface area contributed by atoms with E-state index >= 15 is 0 Å². The highest BCUT2D eigenvalue weighted by Crippen LogP contribution is 2.11. The second kappa shape index (κ2) is 5.12. The summed E-state index contributed by atoms with van der Waals surface area (Å²) in [6.07, 6.45) is 1.52. The van der Waals surface area contributed by atoms with Crippen LogP contribution in [0.15, 0.2) is 36.4 Å². The number of β-amino-alcohol motifs (C(OH)–C–C–N with tert-alkyl or cyclic N) is 2. The van der Waals surface area contributed by atoms with E-state index in [1.165, 1.54) is 11.0 Å². The lowest BCUT2D eigenvalue weighted by Crippen LogP contribution is -2.27. The molecular formula is C13H15NO3. The van der Waals surface area contributed by atoms with Crippen LogP contribution in [0.1, 0.15) is 5.56 Å². The Labute approximate surface area is 99.8 Å². The molecule has 1 amide bonds. The minimum Gasteiger partial charge on any atom is -0.388 e. The van der Waals surface area contributed by atoms with Crippen molar-refractivity contribution in [2.24, 2.45) is 0 Å². The predicted octanol–water partition coefficient (Wildman–Crippen LogP) is 0.264. The van der Waals surface area contributed by atoms with Crippen LogP contribution in [0.4, 0.5) is 0 Å². The van der Waals surface area contributed by atoms with E-state index in [0.717, 1.165) is 5.56 Å². The van der Waals surface area contributed by atoms with Gasteiger partial charge in [-0.05, 0) is 11.6 Å². The van der Waals surface area contributed by atoms with Gasteiger partial charge in [0.2, 0.25) is 5.91 Å². The number of benzene rings is 1. The molecule has 1 aromatic rings. The van der Waals surface area contributed by atoms with E-state index in [9.17, 15) is 15.0 Å². The molecule has 90 valence electrons. The monoisotopic (exact) mass is 233 g/mol. The molecule has 0 bridgehead atoms. The Kier molecular flexibility index (Phi) is 3.56. The third kappa shape index (κ3) is 2.93. The highest BCUT2D eigenvalue weighted by atomic mass is 16.3. The van der Waals surface area contributed by atoms with Crippen LogP contribution in [0, 0.1) is 0 Å². The van der Waals surface area contributed by atoms with Crippen LogP contribution < -0.4 is 0 Å². The van der Waals surface area contributed by atoms with Crippen LogP contribution in [-0.4, -0.2) is 46.3 Å². The minimum absolute atomic E-state index is 0.190. The number of aliphatic hydroxyl groups excluding tert-OH is 2. The average molecular weight is 233 g/mol. The van der Waals surface area contributed by atoms with Gasteiger partial charge in [0.1, 0.15) is 0 Å². The average Bonchev–Trinajstić information content (AvgIpc) is 2.68. The summed E-state index contributed by atoms with van der Waals surface area (Å²) in [6.45, 7) is 0.387. The van der Waals surface area contributed by atoms with E-state index in [-0.39, 0.29) is 19.0 Å². The fourth-order valence-electron chi connectivity index (χ4n) is 1.79. The maximum absolute atomic E-state index is 11.7. The standard InChI is InChI=1S/C13H15NO3/c15-11-8-14(9-12(11)16)13(17)7-6-10-4-2-1-3-5-10/h1-7,11-12,15-16H,8-9H2/t11-,12+. The highest BCUT2D eigenvalue weighted by Gasteiger charge is 2.31. The molecule has 4 heteroatoms. The normalized spacial score (nSPS) is 24.5. The first-order chi connectivity index (χ1) is 8.16. The van der Waals surface area contributed by atoms with Crippen LogP contribution >= 0.6 is 0 Å². The molecule has 1 aliphatic heterocycles. The van der Waals surface area contributed by atoms with E-state index in [0.29, 0.717) is 0 Å². The second-order valence-corrected chi connectivity index (χ2v) is 4.12. The molecule has 1 heterocycles. The van der Waals surface area contributed by atoms with E-state index in [2.05, 4.69) is 0 Å². The molecule has 1 aromatic carbocycles. The highest BCUT2D eigenvalue weighted by molar-refractivity contribution is 5.92. The molecule has 2 atom stereocenters. The molecular weight excluding hydrogens is 218 g/mol. The summed E-state index contributed by atoms with van der Waals surface area (Å²) >= 11 is 0. The van der Waals surface area contributed by atoms with Crippen LogP contribution in [0.25, 0.3) is 6.08 Å². The molecule has 1 fully saturated rings. The Hall–Kier alpha value is -1.65. The molecule has 17 heavy (non-hydrogen) atoms. The largest absolute Gasteiger partial charge is 0.388 e. The lowest BCUT2D eigenvalue weighted by Gasteiger charge is -2.11. The van der Waals surface area contributed by atoms with E-state index in [1.807, 2.05) is 30.3 Å². The summed E-state index contributed by atoms with van der Waals surface area (Å²) in [5.41, 5.74) is 0.946. The number of carbonyl (C=O) groups is 1. The van der Waals surface area contributed by atoms with Crippen molar-refractivity contribution in [1.82, 2.24) is 4.90 Å². The zero-order chi connectivity index (χ0) is 12.3. The molecule has 1 aliphatic rings. The molecule has 0 radical (unpaired) electrons. The van der Waals surface area contributed by atoms with Crippen molar-refractivity contribution < 1.29 is 15.0 Å². The van der Waals surface area contributed by atoms with Crippen molar-refractivity contribution >= 4 is 12.0 Å². The second-order valence-electron chi connectivity index (χ2n) is 4.12. The fourth-order valence-corrected chi connectivity index (χ4v) is 1.79. The summed E-state index contributed by atoms with van der Waals surface area (Å²) in [4.78, 5) is 13.2. The van der Waals surface area contributed by atoms with Crippen LogP contribution in [0.5, 0.6) is 0 Å². The quantitative estimate of drug-likeness (QED) is 0.720. The van der Waals surface area contributed by atoms with E-state index in [4.69, 9.17) is 0 Å². The van der Waals surface area contributed by atoms with Crippen molar-refractivity contribution in [3.8, 4) is 0 Å². The van der Waals surface area contributed by atoms with E-state index in [1.54, 1.807) is 6.08 Å². The van der Waals surface area contributed by atoms with Gasteiger partial charge in [0.15, 0.2) is 0 Å². The molecule has 0 saturated carbocycles. The molecule has 0 unspecified atom stereocenters. The maximum atomic E-state index is 11.7. The zero-order valence-corrected chi connectivity index (χ0v) is 9.36. The molecule has 0 aliphatic carbocycles. The zero-order valence-electron chi connectivity index (χ0n) is 9.36. The fraction of sp³-hybridized carbons (Fsp3) is 0.308. The Balaban J connectivity index is 1.96. The van der Waals surface area contributed by atoms with Crippen molar-refractivity contribution in [2.45, 2.75) is 12.2 Å². The number of hydrogen-bond donors (Lipinski definition) is 2. The number of carbonyl (C=O) groups excluding carboxylic acids is 1. The molecule has 0 aromatic heterocycles. The number of hydrogen-bond acceptors (Lipinski definition) is 3. The van der Waals surface area contributed by atoms with Gasteiger partial charge in [-0.2, -0.15) is 0 Å². The maximum Gasteiger partial charge on any atom is 0.246 e. The van der Waals surface area contributed by atoms with Gasteiger partial charge in [-0.15, -0.1) is 0 Å². The Morgan fingerprint density at radius 2 is 1.76 bits per heavy atom. The van der Waals surface area contributed by atoms with Gasteiger partial charge in [-0.3, -0.25) is 4.79 Å². The van der Waals surface area contributed by atoms with Crippen LogP contribution in [0.3, 0.4) is 0 Å². The number of nitrogens with zero attached hydrogens (tertiary/aromatic N) is 1. The first kappa shape index (κ1) is 11.8. The molecule has 4 nitrogen and oxygen atoms in total. The lowest BCUT2D eigenvalue weighted by atomic mass is 10.2. The summed E-state index contributed by atoms with van der Waals surface area (Å²) in [5, 5.41) is 18.7. The molecule has 0 spiro atoms. The first-order valence-corrected chi connectivity index (χ1v) is 5.55. The van der Waals surface area contributed by atoms with Gasteiger partial charge in [-0.25, -0.2) is 0 Å². The third-order valence-electron chi connectivity index (χ3n) is 2.79. The van der Waals surface area contributed by atoms with Gasteiger partial charge in [-0.1, -0.05) is 30.3 Å². The summed E-state index contributed by atoms with van der Waals surface area (Å²) < 4.78 is 0. The topological polar surface area (TPSA) is 60.8 Å². The first-order valence-electron chi connectivity index (χ1n) is 5.55. The predicted molar refractivity (Wildman–Crippen MR) is 64.1 cm³/mol. The van der Waals surface area contributed by atoms with Crippen molar-refractivity contribution in [3.05, 3.63) is 42.0 Å². The number of aliphatic hydroxyl groups is 2. The van der Waals surface area contributed by atoms with Crippen molar-refractivity contribution in [1.29, 1.82) is 0 Å². The summed E-state index contributed by atoms with van der Waals surface area (Å²) in [7, 11) is 0. The molecule has 1 saturated heterocycles. The number of rotatable bonds is 2. The van der Waals surface area contributed by atoms with Gasteiger partial charge in [0.25, 0.3) is 0 Å². The summed E-state index contributed by atoms with van der Waals surface area (Å²) in [5.74, 6) is -0.190. The van der Waals surface area contributed by atoms with Crippen LogP contribution in [0.2, 0.25) is 0 Å². The van der Waals surface area contributed by atoms with Gasteiger partial charge in [0, 0.05) is 19.2 Å². The van der Waals surface area contributed by atoms with Crippen molar-refractivity contribution in [3.63, 3.8) is 0 Å². The minimum atomic E-state index is -0.830. The van der Waals surface area contributed by atoms with Crippen molar-refractivity contribution in [2.75, 3.05) is 13.1 Å². The lowest BCUT2D eigenvalue weighted by molar-refractivity contribution is -0.125. The SMILES string of the molecule is O=C(C=Cc1ccccc1)N1C[C@@H](O)[C@@H](O)C1.